The fourth-order valence-corrected chi connectivity index (χ4v) is 5.38. The molecule has 154 valence electrons. The van der Waals surface area contributed by atoms with Gasteiger partial charge in [-0.05, 0) is 12.1 Å². The number of pyridine rings is 1. The maximum atomic E-state index is 13.0. The lowest BCUT2D eigenvalue weighted by molar-refractivity contribution is -0.0863. The van der Waals surface area contributed by atoms with Gasteiger partial charge in [-0.15, -0.1) is 0 Å². The van der Waals surface area contributed by atoms with E-state index in [1.54, 1.807) is 12.1 Å². The van der Waals surface area contributed by atoms with Crippen molar-refractivity contribution in [3.8, 4) is 17.2 Å². The van der Waals surface area contributed by atoms with Crippen molar-refractivity contribution in [2.75, 3.05) is 18.6 Å². The Morgan fingerprint density at radius 3 is 2.38 bits per heavy atom. The Labute approximate surface area is 177 Å². The average Bonchev–Trinajstić information content (AvgIpc) is 3.06. The van der Waals surface area contributed by atoms with Crippen LogP contribution in [0.25, 0.3) is 0 Å². The summed E-state index contributed by atoms with van der Waals surface area (Å²) in [5.74, 6) is -0.545. The van der Waals surface area contributed by atoms with Gasteiger partial charge in [-0.25, -0.2) is 8.42 Å². The average molecular weight is 458 g/mol. The first-order valence-corrected chi connectivity index (χ1v) is 11.4. The molecule has 1 fully saturated rings. The molecular weight excluding hydrogens is 441 g/mol. The van der Waals surface area contributed by atoms with Crippen LogP contribution in [0.3, 0.4) is 0 Å². The predicted molar refractivity (Wildman–Crippen MR) is 107 cm³/mol. The van der Waals surface area contributed by atoms with Crippen LogP contribution in [0.1, 0.15) is 28.8 Å². The zero-order valence-electron chi connectivity index (χ0n) is 15.4. The maximum Gasteiger partial charge on any atom is 0.253 e. The molecule has 10 heteroatoms. The molecule has 7 nitrogen and oxygen atoms in total. The number of hydrogen-bond donors (Lipinski definition) is 0. The van der Waals surface area contributed by atoms with Crippen molar-refractivity contribution in [2.45, 2.75) is 25.0 Å². The van der Waals surface area contributed by atoms with Crippen molar-refractivity contribution in [1.29, 1.82) is 0 Å². The molecule has 0 radical (unpaired) electrons. The number of carbonyl (C=O) groups excluding carboxylic acids is 1. The number of Topliss-reactive ketones (excluding diaryl/α,β-unsaturated/α-hetero) is 1. The van der Waals surface area contributed by atoms with Crippen LogP contribution in [0.5, 0.6) is 17.2 Å². The highest BCUT2D eigenvalue weighted by atomic mass is 35.5. The van der Waals surface area contributed by atoms with E-state index in [2.05, 4.69) is 4.98 Å². The fourth-order valence-electron chi connectivity index (χ4n) is 3.43. The van der Waals surface area contributed by atoms with Crippen molar-refractivity contribution in [1.82, 2.24) is 4.98 Å². The van der Waals surface area contributed by atoms with Crippen LogP contribution in [-0.2, 0) is 16.3 Å². The van der Waals surface area contributed by atoms with E-state index in [0.717, 1.165) is 0 Å². The lowest BCUT2D eigenvalue weighted by Gasteiger charge is -2.31. The standard InChI is InChI=1S/C19H17Cl2NO6S/c1-26-16-3-2-11(15(23)8-12-13(20)9-22-10-14(12)21)17-18(16)28-19(27-17)4-6-29(24,25)7-5-19/h2-3,9-10H,4-8H2,1H3. The summed E-state index contributed by atoms with van der Waals surface area (Å²) in [6, 6.07) is 3.20. The number of fused-ring (bicyclic) bond motifs is 1. The second-order valence-electron chi connectivity index (χ2n) is 6.92. The number of ketones is 1. The van der Waals surface area contributed by atoms with Gasteiger partial charge in [0.1, 0.15) is 0 Å². The van der Waals surface area contributed by atoms with Crippen molar-refractivity contribution in [3.05, 3.63) is 45.7 Å². The normalized spacial score (nSPS) is 18.6. The number of hydrogen-bond acceptors (Lipinski definition) is 7. The molecule has 29 heavy (non-hydrogen) atoms. The fraction of sp³-hybridized carbons (Fsp3) is 0.368. The minimum absolute atomic E-state index is 0.0468. The largest absolute Gasteiger partial charge is 0.493 e. The van der Waals surface area contributed by atoms with Crippen LogP contribution in [0.2, 0.25) is 10.0 Å². The van der Waals surface area contributed by atoms with Crippen molar-refractivity contribution >= 4 is 38.8 Å². The summed E-state index contributed by atoms with van der Waals surface area (Å²) in [7, 11) is -1.64. The third-order valence-electron chi connectivity index (χ3n) is 5.05. The van der Waals surface area contributed by atoms with Gasteiger partial charge in [-0.1, -0.05) is 23.2 Å². The zero-order chi connectivity index (χ0) is 20.8. The molecule has 1 saturated heterocycles. The Bertz CT molecular complexity index is 1070. The molecule has 0 N–H and O–H groups in total. The number of rotatable bonds is 4. The maximum absolute atomic E-state index is 13.0. The van der Waals surface area contributed by atoms with Crippen LogP contribution >= 0.6 is 23.2 Å². The van der Waals surface area contributed by atoms with E-state index in [4.69, 9.17) is 37.4 Å². The predicted octanol–water partition coefficient (Wildman–Crippen LogP) is 3.50. The van der Waals surface area contributed by atoms with E-state index in [-0.39, 0.29) is 47.9 Å². The lowest BCUT2D eigenvalue weighted by Crippen LogP contribution is -2.46. The topological polar surface area (TPSA) is 91.8 Å². The first kappa shape index (κ1) is 20.3. The zero-order valence-corrected chi connectivity index (χ0v) is 17.7. The van der Waals surface area contributed by atoms with Crippen LogP contribution in [0, 0.1) is 0 Å². The Morgan fingerprint density at radius 1 is 1.14 bits per heavy atom. The summed E-state index contributed by atoms with van der Waals surface area (Å²) < 4.78 is 41.0. The molecule has 0 amide bonds. The first-order chi connectivity index (χ1) is 13.7. The highest BCUT2D eigenvalue weighted by Gasteiger charge is 2.48. The van der Waals surface area contributed by atoms with E-state index < -0.39 is 15.6 Å². The smallest absolute Gasteiger partial charge is 0.253 e. The molecule has 2 aliphatic rings. The van der Waals surface area contributed by atoms with Gasteiger partial charge in [0.2, 0.25) is 5.75 Å². The van der Waals surface area contributed by atoms with E-state index in [9.17, 15) is 13.2 Å². The molecule has 2 aromatic rings. The second kappa shape index (κ2) is 7.34. The van der Waals surface area contributed by atoms with Crippen molar-refractivity contribution in [2.24, 2.45) is 0 Å². The van der Waals surface area contributed by atoms with Gasteiger partial charge >= 0.3 is 0 Å². The van der Waals surface area contributed by atoms with Crippen LogP contribution in [0.15, 0.2) is 24.5 Å². The molecule has 4 rings (SSSR count). The van der Waals surface area contributed by atoms with Gasteiger partial charge in [0.05, 0.1) is 34.2 Å². The van der Waals surface area contributed by atoms with Crippen LogP contribution < -0.4 is 14.2 Å². The van der Waals surface area contributed by atoms with Crippen LogP contribution in [-0.4, -0.2) is 43.6 Å². The molecule has 1 aromatic heterocycles. The molecule has 0 aliphatic carbocycles. The molecular formula is C19H17Cl2NO6S. The second-order valence-corrected chi connectivity index (χ2v) is 10.0. The van der Waals surface area contributed by atoms with E-state index >= 15 is 0 Å². The van der Waals surface area contributed by atoms with Crippen molar-refractivity contribution < 1.29 is 27.4 Å². The molecule has 0 bridgehead atoms. The molecule has 0 atom stereocenters. The summed E-state index contributed by atoms with van der Waals surface area (Å²) in [6.45, 7) is 0. The minimum atomic E-state index is -3.12. The Kier molecular flexibility index (Phi) is 5.13. The van der Waals surface area contributed by atoms with E-state index in [1.165, 1.54) is 19.5 Å². The summed E-state index contributed by atoms with van der Waals surface area (Å²) in [5.41, 5.74) is 0.755. The van der Waals surface area contributed by atoms with Gasteiger partial charge in [0.15, 0.2) is 27.1 Å². The van der Waals surface area contributed by atoms with Crippen molar-refractivity contribution in [3.63, 3.8) is 0 Å². The number of benzene rings is 1. The summed E-state index contributed by atoms with van der Waals surface area (Å²) in [5, 5.41) is 0.587. The molecule has 0 unspecified atom stereocenters. The number of sulfone groups is 1. The molecule has 0 saturated carbocycles. The number of halogens is 2. The Hall–Kier alpha value is -2.03. The molecule has 1 aromatic carbocycles. The third-order valence-corrected chi connectivity index (χ3v) is 7.35. The summed E-state index contributed by atoms with van der Waals surface area (Å²) in [6.07, 6.45) is 3.13. The number of aromatic nitrogens is 1. The number of ether oxygens (including phenoxy) is 3. The van der Waals surface area contributed by atoms with Gasteiger partial charge in [0.25, 0.3) is 5.79 Å². The van der Waals surface area contributed by atoms with E-state index in [0.29, 0.717) is 27.1 Å². The molecule has 2 aliphatic heterocycles. The van der Waals surface area contributed by atoms with Gasteiger partial charge in [0, 0.05) is 37.2 Å². The molecule has 3 heterocycles. The summed E-state index contributed by atoms with van der Waals surface area (Å²) in [4.78, 5) is 16.9. The van der Waals surface area contributed by atoms with Gasteiger partial charge in [-0.3, -0.25) is 9.78 Å². The number of nitrogens with zero attached hydrogens (tertiary/aromatic N) is 1. The Morgan fingerprint density at radius 2 is 1.76 bits per heavy atom. The summed E-state index contributed by atoms with van der Waals surface area (Å²) >= 11 is 12.3. The minimum Gasteiger partial charge on any atom is -0.493 e. The highest BCUT2D eigenvalue weighted by Crippen LogP contribution is 2.51. The highest BCUT2D eigenvalue weighted by molar-refractivity contribution is 7.91. The van der Waals surface area contributed by atoms with Crippen LogP contribution in [0.4, 0.5) is 0 Å². The lowest BCUT2D eigenvalue weighted by atomic mass is 10.0. The SMILES string of the molecule is COc1ccc(C(=O)Cc2c(Cl)cncc2Cl)c2c1OC1(CCS(=O)(=O)CC1)O2. The molecule has 1 spiro atoms. The number of carbonyl (C=O) groups is 1. The van der Waals surface area contributed by atoms with Gasteiger partial charge in [-0.2, -0.15) is 0 Å². The third kappa shape index (κ3) is 3.76. The van der Waals surface area contributed by atoms with Gasteiger partial charge < -0.3 is 14.2 Å². The number of methoxy groups -OCH3 is 1. The first-order valence-electron chi connectivity index (χ1n) is 8.84. The van der Waals surface area contributed by atoms with E-state index in [1.807, 2.05) is 0 Å². The monoisotopic (exact) mass is 457 g/mol. The quantitative estimate of drug-likeness (QED) is 0.648. The Balaban J connectivity index is 1.68.